The molecule has 0 aliphatic carbocycles. The standard InChI is InChI=1S/C57H110O17P2/c1-5-9-13-17-20-23-25-26-29-32-36-40-44-57(62)74-53(48-68-55(60)42-38-34-30-28-24-21-18-14-10-6-2)50-72-76(65,66)70-46-51(58)45-69-75(63,64)71-49-52(47-67-54(59)41-37-33-16-12-8-4)73-56(61)43-39-35-31-27-22-19-15-11-7-3/h51-53,58H,5-50H2,1-4H3,(H,63,64)(H,65,66)/t51-,52+,53+/m0/s1. The lowest BCUT2D eigenvalue weighted by Gasteiger charge is -2.21. The van der Waals surface area contributed by atoms with Crippen LogP contribution in [0.5, 0.6) is 0 Å². The van der Waals surface area contributed by atoms with Gasteiger partial charge in [0.25, 0.3) is 0 Å². The summed E-state index contributed by atoms with van der Waals surface area (Å²) >= 11 is 0. The number of ether oxygens (including phenoxy) is 4. The average molecular weight is 1130 g/mol. The average Bonchev–Trinajstić information content (AvgIpc) is 3.39. The summed E-state index contributed by atoms with van der Waals surface area (Å²) in [6, 6.07) is 0. The number of rotatable bonds is 58. The Morgan fingerprint density at radius 2 is 0.526 bits per heavy atom. The molecule has 0 bridgehead atoms. The van der Waals surface area contributed by atoms with Gasteiger partial charge in [0.05, 0.1) is 26.4 Å². The molecule has 0 heterocycles. The molecule has 0 spiro atoms. The summed E-state index contributed by atoms with van der Waals surface area (Å²) < 4.78 is 67.5. The zero-order valence-electron chi connectivity index (χ0n) is 48.2. The molecule has 0 aliphatic rings. The van der Waals surface area contributed by atoms with E-state index in [2.05, 4.69) is 27.7 Å². The predicted octanol–water partition coefficient (Wildman–Crippen LogP) is 15.2. The molecule has 0 aliphatic heterocycles. The largest absolute Gasteiger partial charge is 0.472 e. The number of hydrogen-bond acceptors (Lipinski definition) is 15. The van der Waals surface area contributed by atoms with Crippen LogP contribution in [0.25, 0.3) is 0 Å². The zero-order chi connectivity index (χ0) is 56.2. The molecule has 0 radical (unpaired) electrons. The molecule has 76 heavy (non-hydrogen) atoms. The summed E-state index contributed by atoms with van der Waals surface area (Å²) in [5.41, 5.74) is 0. The zero-order valence-corrected chi connectivity index (χ0v) is 50.0. The minimum Gasteiger partial charge on any atom is -0.462 e. The molecule has 450 valence electrons. The van der Waals surface area contributed by atoms with E-state index in [9.17, 15) is 43.2 Å². The van der Waals surface area contributed by atoms with Gasteiger partial charge in [0.1, 0.15) is 19.3 Å². The van der Waals surface area contributed by atoms with Gasteiger partial charge in [-0.05, 0) is 25.7 Å². The summed E-state index contributed by atoms with van der Waals surface area (Å²) in [7, 11) is -9.86. The Morgan fingerprint density at radius 1 is 0.316 bits per heavy atom. The summed E-state index contributed by atoms with van der Waals surface area (Å²) in [4.78, 5) is 71.6. The molecular weight excluding hydrogens is 1020 g/mol. The first-order chi connectivity index (χ1) is 36.7. The number of aliphatic hydroxyl groups is 1. The lowest BCUT2D eigenvalue weighted by atomic mass is 10.0. The number of esters is 4. The number of aliphatic hydroxyl groups excluding tert-OH is 1. The van der Waals surface area contributed by atoms with Crippen molar-refractivity contribution in [2.24, 2.45) is 0 Å². The molecule has 0 saturated carbocycles. The number of hydrogen-bond donors (Lipinski definition) is 3. The van der Waals surface area contributed by atoms with E-state index in [-0.39, 0.29) is 25.7 Å². The van der Waals surface area contributed by atoms with Gasteiger partial charge in [-0.1, -0.05) is 233 Å². The normalized spacial score (nSPS) is 14.4. The Labute approximate surface area is 460 Å². The molecule has 0 aromatic rings. The van der Waals surface area contributed by atoms with E-state index < -0.39 is 97.5 Å². The van der Waals surface area contributed by atoms with Gasteiger partial charge in [-0.25, -0.2) is 9.13 Å². The number of phosphoric ester groups is 2. The van der Waals surface area contributed by atoms with E-state index in [1.165, 1.54) is 109 Å². The summed E-state index contributed by atoms with van der Waals surface area (Å²) in [5, 5.41) is 10.5. The van der Waals surface area contributed by atoms with Crippen molar-refractivity contribution >= 4 is 39.5 Å². The Kier molecular flexibility index (Phi) is 51.1. The van der Waals surface area contributed by atoms with Crippen molar-refractivity contribution in [3.63, 3.8) is 0 Å². The minimum atomic E-state index is -4.93. The van der Waals surface area contributed by atoms with Crippen molar-refractivity contribution in [2.45, 2.75) is 303 Å². The number of unbranched alkanes of at least 4 members (excludes halogenated alkanes) is 32. The van der Waals surface area contributed by atoms with Crippen LogP contribution in [-0.2, 0) is 65.4 Å². The molecule has 0 rings (SSSR count). The minimum absolute atomic E-state index is 0.105. The van der Waals surface area contributed by atoms with E-state index in [0.717, 1.165) is 96.3 Å². The molecule has 17 nitrogen and oxygen atoms in total. The van der Waals surface area contributed by atoms with E-state index in [4.69, 9.17) is 37.0 Å². The van der Waals surface area contributed by atoms with E-state index in [1.54, 1.807) is 0 Å². The first-order valence-electron chi connectivity index (χ1n) is 30.3. The van der Waals surface area contributed by atoms with Gasteiger partial charge in [0, 0.05) is 25.7 Å². The van der Waals surface area contributed by atoms with Gasteiger partial charge in [-0.3, -0.25) is 37.3 Å². The number of carbonyl (C=O) groups is 4. The SMILES string of the molecule is CCCCCCCCCCCCCCC(=O)O[C@H](COC(=O)CCCCCCCCCCCC)COP(=O)(O)OC[C@@H](O)COP(=O)(O)OC[C@@H](COC(=O)CCCCCCC)OC(=O)CCCCCCCCCCC. The maximum atomic E-state index is 12.9. The second kappa shape index (κ2) is 52.4. The molecule has 0 saturated heterocycles. The van der Waals surface area contributed by atoms with Crippen LogP contribution in [0.1, 0.15) is 285 Å². The predicted molar refractivity (Wildman–Crippen MR) is 299 cm³/mol. The Balaban J connectivity index is 5.18. The van der Waals surface area contributed by atoms with E-state index >= 15 is 0 Å². The maximum Gasteiger partial charge on any atom is 0.472 e. The smallest absolute Gasteiger partial charge is 0.462 e. The molecule has 0 aromatic carbocycles. The Hall–Kier alpha value is -1.94. The third-order valence-electron chi connectivity index (χ3n) is 13.1. The summed E-state index contributed by atoms with van der Waals surface area (Å²) in [6.07, 6.45) is 35.1. The Bertz CT molecular complexity index is 1490. The summed E-state index contributed by atoms with van der Waals surface area (Å²) in [6.45, 7) is 4.73. The Morgan fingerprint density at radius 3 is 0.776 bits per heavy atom. The quantitative estimate of drug-likeness (QED) is 0.0222. The highest BCUT2D eigenvalue weighted by atomic mass is 31.2. The van der Waals surface area contributed by atoms with Crippen LogP contribution < -0.4 is 0 Å². The fraction of sp³-hybridized carbons (Fsp3) is 0.930. The van der Waals surface area contributed by atoms with Crippen LogP contribution in [-0.4, -0.2) is 96.7 Å². The van der Waals surface area contributed by atoms with Gasteiger partial charge in [0.15, 0.2) is 12.2 Å². The van der Waals surface area contributed by atoms with Crippen LogP contribution in [0.4, 0.5) is 0 Å². The molecule has 3 N–H and O–H groups in total. The van der Waals surface area contributed by atoms with Crippen molar-refractivity contribution in [2.75, 3.05) is 39.6 Å². The van der Waals surface area contributed by atoms with Crippen LogP contribution in [0.3, 0.4) is 0 Å². The van der Waals surface area contributed by atoms with Crippen molar-refractivity contribution in [1.29, 1.82) is 0 Å². The third-order valence-corrected chi connectivity index (χ3v) is 15.0. The molecule has 0 aromatic heterocycles. The second-order valence-corrected chi connectivity index (χ2v) is 23.6. The van der Waals surface area contributed by atoms with Gasteiger partial charge in [-0.2, -0.15) is 0 Å². The maximum absolute atomic E-state index is 12.9. The van der Waals surface area contributed by atoms with Gasteiger partial charge in [0.2, 0.25) is 0 Å². The van der Waals surface area contributed by atoms with E-state index in [1.807, 2.05) is 0 Å². The van der Waals surface area contributed by atoms with Crippen molar-refractivity contribution in [3.05, 3.63) is 0 Å². The topological polar surface area (TPSA) is 237 Å². The molecule has 5 atom stereocenters. The van der Waals surface area contributed by atoms with Gasteiger partial charge in [-0.15, -0.1) is 0 Å². The summed E-state index contributed by atoms with van der Waals surface area (Å²) in [5.74, 6) is -2.15. The monoisotopic (exact) mass is 1130 g/mol. The van der Waals surface area contributed by atoms with Gasteiger partial charge >= 0.3 is 39.5 Å². The fourth-order valence-electron chi connectivity index (χ4n) is 8.40. The highest BCUT2D eigenvalue weighted by molar-refractivity contribution is 7.47. The molecule has 0 fully saturated rings. The molecule has 19 heteroatoms. The molecular formula is C57H110O17P2. The first-order valence-corrected chi connectivity index (χ1v) is 33.3. The fourth-order valence-corrected chi connectivity index (χ4v) is 9.98. The molecule has 2 unspecified atom stereocenters. The van der Waals surface area contributed by atoms with E-state index in [0.29, 0.717) is 25.7 Å². The second-order valence-electron chi connectivity index (χ2n) is 20.7. The van der Waals surface area contributed by atoms with Crippen molar-refractivity contribution in [1.82, 2.24) is 0 Å². The van der Waals surface area contributed by atoms with Crippen molar-refractivity contribution in [3.8, 4) is 0 Å². The molecule has 0 amide bonds. The third kappa shape index (κ3) is 51.5. The van der Waals surface area contributed by atoms with Crippen molar-refractivity contribution < 1.29 is 80.2 Å². The van der Waals surface area contributed by atoms with Crippen LogP contribution in [0.2, 0.25) is 0 Å². The number of carbonyl (C=O) groups excluding carboxylic acids is 4. The highest BCUT2D eigenvalue weighted by Gasteiger charge is 2.30. The van der Waals surface area contributed by atoms with Crippen LogP contribution in [0.15, 0.2) is 0 Å². The van der Waals surface area contributed by atoms with Gasteiger partial charge < -0.3 is 33.8 Å². The lowest BCUT2D eigenvalue weighted by Crippen LogP contribution is -2.30. The van der Waals surface area contributed by atoms with Crippen LogP contribution >= 0.6 is 15.6 Å². The highest BCUT2D eigenvalue weighted by Crippen LogP contribution is 2.45. The number of phosphoric acid groups is 2. The van der Waals surface area contributed by atoms with Crippen LogP contribution in [0, 0.1) is 0 Å². The lowest BCUT2D eigenvalue weighted by molar-refractivity contribution is -0.161. The first kappa shape index (κ1) is 74.1.